The molecule has 1 aliphatic heterocycles. The molecule has 2 N–H and O–H groups in total. The van der Waals surface area contributed by atoms with E-state index in [9.17, 15) is 10.1 Å². The molecule has 0 amide bonds. The van der Waals surface area contributed by atoms with Gasteiger partial charge in [0.1, 0.15) is 12.1 Å². The van der Waals surface area contributed by atoms with E-state index >= 15 is 0 Å². The summed E-state index contributed by atoms with van der Waals surface area (Å²) < 4.78 is 5.64. The Morgan fingerprint density at radius 3 is 2.48 bits per heavy atom. The average molecular weight is 401 g/mol. The maximum absolute atomic E-state index is 11.7. The van der Waals surface area contributed by atoms with E-state index in [4.69, 9.17) is 4.74 Å². The van der Waals surface area contributed by atoms with Gasteiger partial charge in [-0.15, -0.1) is 0 Å². The molecule has 1 aromatic carbocycles. The lowest BCUT2D eigenvalue weighted by Crippen LogP contribution is -2.47. The molecule has 10 heteroatoms. The summed E-state index contributed by atoms with van der Waals surface area (Å²) in [7, 11) is 2.05. The first-order chi connectivity index (χ1) is 14.1. The molecule has 1 fully saturated rings. The maximum Gasteiger partial charge on any atom is 0.354 e. The third kappa shape index (κ3) is 5.75. The van der Waals surface area contributed by atoms with E-state index in [1.54, 1.807) is 12.1 Å². The van der Waals surface area contributed by atoms with Crippen molar-refractivity contribution in [2.75, 3.05) is 50.6 Å². The van der Waals surface area contributed by atoms with Crippen molar-refractivity contribution >= 4 is 23.0 Å². The number of likely N-dealkylation sites (N-methyl/N-ethyl adjacent to an activating group) is 1. The summed E-state index contributed by atoms with van der Waals surface area (Å²) in [5.74, 6) is 1.08. The van der Waals surface area contributed by atoms with Crippen LogP contribution in [0.25, 0.3) is 0 Å². The van der Waals surface area contributed by atoms with Gasteiger partial charge >= 0.3 is 5.69 Å². The van der Waals surface area contributed by atoms with Gasteiger partial charge in [0.25, 0.3) is 0 Å². The summed E-state index contributed by atoms with van der Waals surface area (Å²) in [4.78, 5) is 21.6. The Morgan fingerprint density at radius 1 is 1.14 bits per heavy atom. The topological polar surface area (TPSA) is 109 Å². The van der Waals surface area contributed by atoms with Crippen molar-refractivity contribution in [2.24, 2.45) is 0 Å². The van der Waals surface area contributed by atoms with E-state index < -0.39 is 4.92 Å². The minimum absolute atomic E-state index is 0.140. The maximum atomic E-state index is 11.7. The second-order valence-electron chi connectivity index (χ2n) is 6.93. The van der Waals surface area contributed by atoms with Crippen LogP contribution >= 0.6 is 0 Å². The molecular formula is C19H27N7O3. The average Bonchev–Trinajstić information content (AvgIpc) is 2.71. The van der Waals surface area contributed by atoms with Crippen LogP contribution in [0.3, 0.4) is 0 Å². The molecule has 2 aromatic rings. The molecule has 1 saturated heterocycles. The SMILES string of the molecule is CCCCOc1ccc(Nc2ncnc(NN3CCN(C)CC3)c2[N+](=O)[O-])cc1. The van der Waals surface area contributed by atoms with E-state index in [0.717, 1.165) is 44.8 Å². The molecule has 29 heavy (non-hydrogen) atoms. The molecule has 0 spiro atoms. The third-order valence-electron chi connectivity index (χ3n) is 4.66. The molecule has 156 valence electrons. The number of rotatable bonds is 9. The number of hydrogen-bond donors (Lipinski definition) is 2. The number of benzene rings is 1. The molecule has 0 saturated carbocycles. The van der Waals surface area contributed by atoms with Gasteiger partial charge in [-0.25, -0.2) is 15.0 Å². The molecule has 0 radical (unpaired) electrons. The van der Waals surface area contributed by atoms with E-state index in [2.05, 4.69) is 32.5 Å². The van der Waals surface area contributed by atoms with Gasteiger partial charge in [-0.1, -0.05) is 13.3 Å². The zero-order valence-corrected chi connectivity index (χ0v) is 16.8. The first-order valence-electron chi connectivity index (χ1n) is 9.76. The van der Waals surface area contributed by atoms with Crippen molar-refractivity contribution in [1.29, 1.82) is 0 Å². The van der Waals surface area contributed by atoms with Crippen LogP contribution in [0.1, 0.15) is 19.8 Å². The number of nitrogens with one attached hydrogen (secondary N) is 2. The molecule has 0 unspecified atom stereocenters. The van der Waals surface area contributed by atoms with Crippen LogP contribution in [0, 0.1) is 10.1 Å². The predicted molar refractivity (Wildman–Crippen MR) is 112 cm³/mol. The predicted octanol–water partition coefficient (Wildman–Crippen LogP) is 2.88. The summed E-state index contributed by atoms with van der Waals surface area (Å²) in [5, 5.41) is 16.7. The van der Waals surface area contributed by atoms with E-state index in [1.807, 2.05) is 24.2 Å². The Hall–Kier alpha value is -2.98. The molecule has 0 bridgehead atoms. The minimum Gasteiger partial charge on any atom is -0.494 e. The number of unbranched alkanes of at least 4 members (excludes halogenated alkanes) is 1. The largest absolute Gasteiger partial charge is 0.494 e. The van der Waals surface area contributed by atoms with Gasteiger partial charge in [0, 0.05) is 31.9 Å². The van der Waals surface area contributed by atoms with Crippen molar-refractivity contribution in [3.8, 4) is 5.75 Å². The highest BCUT2D eigenvalue weighted by molar-refractivity contribution is 5.73. The van der Waals surface area contributed by atoms with Crippen LogP contribution in [-0.2, 0) is 0 Å². The van der Waals surface area contributed by atoms with Crippen LogP contribution in [-0.4, -0.2) is 64.6 Å². The van der Waals surface area contributed by atoms with Gasteiger partial charge in [0.2, 0.25) is 11.6 Å². The molecule has 3 rings (SSSR count). The zero-order chi connectivity index (χ0) is 20.6. The molecule has 1 aliphatic rings. The number of aromatic nitrogens is 2. The number of hydrogen-bond acceptors (Lipinski definition) is 9. The van der Waals surface area contributed by atoms with Gasteiger partial charge < -0.3 is 15.0 Å². The monoisotopic (exact) mass is 401 g/mol. The number of ether oxygens (including phenoxy) is 1. The molecule has 0 aliphatic carbocycles. The number of hydrazine groups is 1. The Kier molecular flexibility index (Phi) is 7.14. The van der Waals surface area contributed by atoms with Gasteiger partial charge in [0.05, 0.1) is 11.5 Å². The van der Waals surface area contributed by atoms with E-state index in [-0.39, 0.29) is 17.3 Å². The first kappa shape index (κ1) is 20.7. The van der Waals surface area contributed by atoms with Gasteiger partial charge in [-0.3, -0.25) is 15.5 Å². The van der Waals surface area contributed by atoms with Crippen molar-refractivity contribution in [2.45, 2.75) is 19.8 Å². The lowest BCUT2D eigenvalue weighted by Gasteiger charge is -2.32. The van der Waals surface area contributed by atoms with Crippen molar-refractivity contribution in [3.63, 3.8) is 0 Å². The molecular weight excluding hydrogens is 374 g/mol. The third-order valence-corrected chi connectivity index (χ3v) is 4.66. The van der Waals surface area contributed by atoms with Crippen molar-refractivity contribution in [3.05, 3.63) is 40.7 Å². The van der Waals surface area contributed by atoms with Crippen LogP contribution in [0.4, 0.5) is 23.0 Å². The highest BCUT2D eigenvalue weighted by Gasteiger charge is 2.25. The van der Waals surface area contributed by atoms with Gasteiger partial charge in [-0.2, -0.15) is 0 Å². The zero-order valence-electron chi connectivity index (χ0n) is 16.8. The summed E-state index contributed by atoms with van der Waals surface area (Å²) in [6.45, 7) is 6.03. The fourth-order valence-corrected chi connectivity index (χ4v) is 2.90. The Balaban J connectivity index is 1.72. The van der Waals surface area contributed by atoms with Crippen LogP contribution < -0.4 is 15.5 Å². The Bertz CT molecular complexity index is 808. The van der Waals surface area contributed by atoms with Crippen LogP contribution in [0.5, 0.6) is 5.75 Å². The fourth-order valence-electron chi connectivity index (χ4n) is 2.90. The summed E-state index contributed by atoms with van der Waals surface area (Å²) in [5.41, 5.74) is 3.56. The molecule has 10 nitrogen and oxygen atoms in total. The van der Waals surface area contributed by atoms with Gasteiger partial charge in [-0.05, 0) is 37.7 Å². The minimum atomic E-state index is -0.469. The molecule has 2 heterocycles. The summed E-state index contributed by atoms with van der Waals surface area (Å²) in [6.07, 6.45) is 3.38. The van der Waals surface area contributed by atoms with Crippen molar-refractivity contribution in [1.82, 2.24) is 19.9 Å². The number of piperazine rings is 1. The van der Waals surface area contributed by atoms with Crippen LogP contribution in [0.2, 0.25) is 0 Å². The molecule has 1 aromatic heterocycles. The lowest BCUT2D eigenvalue weighted by atomic mass is 10.3. The number of nitrogens with zero attached hydrogens (tertiary/aromatic N) is 5. The standard InChI is InChI=1S/C19H27N7O3/c1-3-4-13-29-16-7-5-15(6-8-16)22-18-17(26(27)28)19(21-14-20-18)23-25-11-9-24(2)10-12-25/h5-8,14H,3-4,9-13H2,1-2H3,(H2,20,21,22,23). The van der Waals surface area contributed by atoms with E-state index in [0.29, 0.717) is 12.3 Å². The summed E-state index contributed by atoms with van der Waals surface area (Å²) in [6, 6.07) is 7.27. The smallest absolute Gasteiger partial charge is 0.354 e. The lowest BCUT2D eigenvalue weighted by molar-refractivity contribution is -0.383. The summed E-state index contributed by atoms with van der Waals surface area (Å²) >= 11 is 0. The van der Waals surface area contributed by atoms with Gasteiger partial charge in [0.15, 0.2) is 0 Å². The number of anilines is 3. The Labute approximate surface area is 170 Å². The highest BCUT2D eigenvalue weighted by Crippen LogP contribution is 2.32. The van der Waals surface area contributed by atoms with Crippen molar-refractivity contribution < 1.29 is 9.66 Å². The fraction of sp³-hybridized carbons (Fsp3) is 0.474. The quantitative estimate of drug-likeness (QED) is 0.372. The second-order valence-corrected chi connectivity index (χ2v) is 6.93. The van der Waals surface area contributed by atoms with Crippen LogP contribution in [0.15, 0.2) is 30.6 Å². The Morgan fingerprint density at radius 2 is 1.83 bits per heavy atom. The first-order valence-corrected chi connectivity index (χ1v) is 9.76. The second kappa shape index (κ2) is 9.99. The molecule has 0 atom stereocenters. The highest BCUT2D eigenvalue weighted by atomic mass is 16.6. The normalized spacial score (nSPS) is 15.1. The number of nitro groups is 1. The van der Waals surface area contributed by atoms with E-state index in [1.165, 1.54) is 6.33 Å².